The molecule has 0 saturated heterocycles. The lowest BCUT2D eigenvalue weighted by molar-refractivity contribution is 1.32. The van der Waals surface area contributed by atoms with Crippen molar-refractivity contribution in [3.8, 4) is 44.5 Å². The van der Waals surface area contributed by atoms with Crippen LogP contribution in [-0.2, 0) is 0 Å². The Balaban J connectivity index is 1.32. The molecule has 0 fully saturated rings. The monoisotopic (exact) mass is 812 g/mol. The first kappa shape index (κ1) is 35.0. The average molecular weight is 813 g/mol. The molecule has 2 N–H and O–H groups in total. The van der Waals surface area contributed by atoms with Crippen molar-refractivity contribution in [3.05, 3.63) is 206 Å². The Morgan fingerprint density at radius 3 is 0.938 bits per heavy atom. The maximum atomic E-state index is 5.97. The number of hydrogen-bond donors (Lipinski definition) is 2. The van der Waals surface area contributed by atoms with Gasteiger partial charge in [0.15, 0.2) is 0 Å². The predicted molar refractivity (Wildman–Crippen MR) is 270 cm³/mol. The molecule has 4 nitrogen and oxygen atoms in total. The van der Waals surface area contributed by atoms with Crippen molar-refractivity contribution >= 4 is 99.1 Å². The van der Waals surface area contributed by atoms with Gasteiger partial charge in [0.05, 0.1) is 22.4 Å². The van der Waals surface area contributed by atoms with Crippen molar-refractivity contribution < 1.29 is 0 Å². The molecule has 9 aromatic carbocycles. The van der Waals surface area contributed by atoms with Gasteiger partial charge in [0.1, 0.15) is 0 Å². The molecule has 0 aliphatic carbocycles. The molecule has 4 aromatic heterocycles. The normalized spacial score (nSPS) is 12.3. The first-order valence-electron chi connectivity index (χ1n) is 21.9. The minimum Gasteiger partial charge on any atom is -0.354 e. The Labute approximate surface area is 367 Å². The number of nitrogens with one attached hydrogen (secondary N) is 2. The van der Waals surface area contributed by atoms with Gasteiger partial charge >= 0.3 is 0 Å². The number of nitrogens with zero attached hydrogens (tertiary/aromatic N) is 2. The highest BCUT2D eigenvalue weighted by atomic mass is 14.8. The van der Waals surface area contributed by atoms with Crippen LogP contribution in [0.1, 0.15) is 11.4 Å². The second-order valence-electron chi connectivity index (χ2n) is 16.9. The van der Waals surface area contributed by atoms with Gasteiger partial charge in [-0.1, -0.05) is 170 Å². The molecule has 1 aliphatic rings. The summed E-state index contributed by atoms with van der Waals surface area (Å²) in [5.41, 5.74) is 16.9. The van der Waals surface area contributed by atoms with Crippen LogP contribution < -0.4 is 0 Å². The number of hydrogen-bond acceptors (Lipinski definition) is 2. The zero-order valence-corrected chi connectivity index (χ0v) is 34.5. The minimum absolute atomic E-state index is 0.905. The van der Waals surface area contributed by atoms with E-state index in [4.69, 9.17) is 9.97 Å². The Hall–Kier alpha value is -8.60. The lowest BCUT2D eigenvalue weighted by Crippen LogP contribution is -1.94. The molecular formula is C60H36N4. The van der Waals surface area contributed by atoms with Crippen LogP contribution in [0.4, 0.5) is 0 Å². The fraction of sp³-hybridized carbons (Fsp3) is 0. The fourth-order valence-electron chi connectivity index (χ4n) is 10.9. The zero-order valence-electron chi connectivity index (χ0n) is 34.5. The Morgan fingerprint density at radius 2 is 0.562 bits per heavy atom. The van der Waals surface area contributed by atoms with E-state index in [0.717, 1.165) is 88.3 Å². The average Bonchev–Trinajstić information content (AvgIpc) is 4.20. The molecule has 13 aromatic rings. The summed E-state index contributed by atoms with van der Waals surface area (Å²) in [6.07, 6.45) is 4.33. The van der Waals surface area contributed by atoms with Gasteiger partial charge in [0, 0.05) is 65.5 Å². The molecule has 0 atom stereocenters. The lowest BCUT2D eigenvalue weighted by atomic mass is 9.81. The van der Waals surface area contributed by atoms with E-state index < -0.39 is 0 Å². The van der Waals surface area contributed by atoms with Gasteiger partial charge in [-0.25, -0.2) is 9.97 Å². The fourth-order valence-corrected chi connectivity index (χ4v) is 10.9. The topological polar surface area (TPSA) is 57.4 Å². The molecule has 0 unspecified atom stereocenters. The molecule has 0 saturated carbocycles. The lowest BCUT2D eigenvalue weighted by Gasteiger charge is -2.21. The summed E-state index contributed by atoms with van der Waals surface area (Å²) in [5, 5.41) is 11.7. The Kier molecular flexibility index (Phi) is 7.36. The second-order valence-corrected chi connectivity index (χ2v) is 16.9. The SMILES string of the molecule is C1=Cc2nc1c(-c1ccccc1)c1ccc([nH]1)c1c3ccccc3c3c(-c4ccccc4)c(-c4ccccc4)c4c5ccccc5c(c5ccc([nH]5)c2-c2ccccc2)c2nc1c3c24. The quantitative estimate of drug-likeness (QED) is 0.174. The minimum atomic E-state index is 0.905. The summed E-state index contributed by atoms with van der Waals surface area (Å²) in [4.78, 5) is 19.4. The van der Waals surface area contributed by atoms with Crippen LogP contribution in [-0.4, -0.2) is 19.9 Å². The van der Waals surface area contributed by atoms with Crippen LogP contribution in [0, 0.1) is 0 Å². The Morgan fingerprint density at radius 1 is 0.250 bits per heavy atom. The number of aromatic nitrogens is 4. The third-order valence-electron chi connectivity index (χ3n) is 13.5. The zero-order chi connectivity index (χ0) is 41.9. The molecule has 0 spiro atoms. The third-order valence-corrected chi connectivity index (χ3v) is 13.5. The van der Waals surface area contributed by atoms with Gasteiger partial charge in [-0.05, 0) is 91.3 Å². The molecule has 1 aliphatic heterocycles. The van der Waals surface area contributed by atoms with Gasteiger partial charge in [-0.2, -0.15) is 0 Å². The van der Waals surface area contributed by atoms with E-state index in [1.165, 1.54) is 54.6 Å². The highest BCUT2D eigenvalue weighted by Gasteiger charge is 2.29. The summed E-state index contributed by atoms with van der Waals surface area (Å²) in [6.45, 7) is 0. The largest absolute Gasteiger partial charge is 0.354 e. The second kappa shape index (κ2) is 13.4. The van der Waals surface area contributed by atoms with Crippen molar-refractivity contribution in [3.63, 3.8) is 0 Å². The van der Waals surface area contributed by atoms with Crippen LogP contribution in [0.15, 0.2) is 194 Å². The number of rotatable bonds is 4. The van der Waals surface area contributed by atoms with Crippen molar-refractivity contribution in [2.45, 2.75) is 0 Å². The van der Waals surface area contributed by atoms with Crippen LogP contribution in [0.5, 0.6) is 0 Å². The van der Waals surface area contributed by atoms with Crippen molar-refractivity contribution in [1.82, 2.24) is 19.9 Å². The summed E-state index contributed by atoms with van der Waals surface area (Å²) in [7, 11) is 0. The summed E-state index contributed by atoms with van der Waals surface area (Å²) in [5.74, 6) is 0. The first-order valence-corrected chi connectivity index (χ1v) is 21.9. The smallest absolute Gasteiger partial charge is 0.0822 e. The molecule has 64 heavy (non-hydrogen) atoms. The van der Waals surface area contributed by atoms with Gasteiger partial charge in [-0.3, -0.25) is 0 Å². The summed E-state index contributed by atoms with van der Waals surface area (Å²) in [6, 6.07) is 70.0. The summed E-state index contributed by atoms with van der Waals surface area (Å²) < 4.78 is 0. The van der Waals surface area contributed by atoms with E-state index in [1.807, 2.05) is 0 Å². The molecule has 0 radical (unpaired) electrons. The van der Waals surface area contributed by atoms with Gasteiger partial charge in [0.25, 0.3) is 0 Å². The van der Waals surface area contributed by atoms with E-state index >= 15 is 0 Å². The number of H-pyrrole nitrogens is 2. The van der Waals surface area contributed by atoms with Crippen molar-refractivity contribution in [2.75, 3.05) is 0 Å². The number of benzene rings is 9. The van der Waals surface area contributed by atoms with Crippen LogP contribution in [0.25, 0.3) is 144 Å². The molecule has 4 heteroatoms. The van der Waals surface area contributed by atoms with Crippen molar-refractivity contribution in [1.29, 1.82) is 0 Å². The maximum absolute atomic E-state index is 5.97. The molecule has 8 bridgehead atoms. The van der Waals surface area contributed by atoms with E-state index in [9.17, 15) is 0 Å². The standard InChI is InChI=1S/C60H36N4/c1-5-17-35(18-6-1)49-43-29-30-44(61-43)50(36-19-7-2-8-20-36)46-32-34-48(63-46)54-40-26-14-16-28-42(40)56-52(38-23-11-4-12-24-38)51(37-21-9-3-10-22-37)55-41-27-15-13-25-39(41)53(47-33-31-45(49)62-47)59-57(55)58(56)60(54)64-59/h1-34,62-63H. The van der Waals surface area contributed by atoms with Crippen LogP contribution >= 0.6 is 0 Å². The summed E-state index contributed by atoms with van der Waals surface area (Å²) >= 11 is 0. The highest BCUT2D eigenvalue weighted by molar-refractivity contribution is 6.46. The van der Waals surface area contributed by atoms with Crippen LogP contribution in [0.2, 0.25) is 0 Å². The third kappa shape index (κ3) is 4.93. The maximum Gasteiger partial charge on any atom is 0.0822 e. The number of aromatic amines is 2. The van der Waals surface area contributed by atoms with E-state index in [2.05, 4.69) is 216 Å². The molecule has 5 heterocycles. The molecular weight excluding hydrogens is 777 g/mol. The molecule has 296 valence electrons. The highest BCUT2D eigenvalue weighted by Crippen LogP contribution is 2.55. The van der Waals surface area contributed by atoms with Crippen molar-refractivity contribution in [2.24, 2.45) is 0 Å². The number of fused-ring (bicyclic) bond motifs is 14. The van der Waals surface area contributed by atoms with E-state index in [1.54, 1.807) is 0 Å². The van der Waals surface area contributed by atoms with Crippen LogP contribution in [0.3, 0.4) is 0 Å². The van der Waals surface area contributed by atoms with E-state index in [-0.39, 0.29) is 0 Å². The van der Waals surface area contributed by atoms with Gasteiger partial charge < -0.3 is 9.97 Å². The molecule has 0 amide bonds. The van der Waals surface area contributed by atoms with Gasteiger partial charge in [0.2, 0.25) is 0 Å². The van der Waals surface area contributed by atoms with Gasteiger partial charge in [-0.15, -0.1) is 0 Å². The first-order chi connectivity index (χ1) is 31.8. The van der Waals surface area contributed by atoms with E-state index in [0.29, 0.717) is 0 Å². The Bertz CT molecular complexity index is 3880. The molecule has 14 rings (SSSR count). The predicted octanol–water partition coefficient (Wildman–Crippen LogP) is 16.1.